The van der Waals surface area contributed by atoms with Crippen molar-refractivity contribution in [2.24, 2.45) is 10.8 Å². The highest BCUT2D eigenvalue weighted by atomic mass is 16.5. The molecule has 0 bridgehead atoms. The first kappa shape index (κ1) is 17.2. The van der Waals surface area contributed by atoms with E-state index in [1.807, 2.05) is 21.0 Å². The molecule has 1 aliphatic heterocycles. The second-order valence-corrected chi connectivity index (χ2v) is 5.36. The molecule has 1 aliphatic rings. The third-order valence-electron chi connectivity index (χ3n) is 3.28. The number of nitrogens with two attached hydrogens (primary N) is 1. The molecule has 2 atom stereocenters. The van der Waals surface area contributed by atoms with Gasteiger partial charge in [0.1, 0.15) is 0 Å². The Morgan fingerprint density at radius 1 is 1.55 bits per heavy atom. The predicted molar refractivity (Wildman–Crippen MR) is 80.4 cm³/mol. The highest BCUT2D eigenvalue weighted by Crippen LogP contribution is 2.18. The molecule has 1 fully saturated rings. The van der Waals surface area contributed by atoms with Crippen LogP contribution in [0.25, 0.3) is 0 Å². The molecule has 1 saturated heterocycles. The summed E-state index contributed by atoms with van der Waals surface area (Å²) in [5.74, 6) is 6.24. The van der Waals surface area contributed by atoms with E-state index in [9.17, 15) is 5.11 Å². The highest BCUT2D eigenvalue weighted by Gasteiger charge is 2.33. The maximum Gasteiger partial charge on any atom is 0.208 e. The summed E-state index contributed by atoms with van der Waals surface area (Å²) in [6.07, 6.45) is 1.30. The largest absolute Gasteiger partial charge is 0.391 e. The molecule has 0 aromatic rings. The third kappa shape index (κ3) is 5.62. The first-order chi connectivity index (χ1) is 9.58. The number of nitrogens with zero attached hydrogens (tertiary/aromatic N) is 3. The van der Waals surface area contributed by atoms with Crippen LogP contribution in [0.4, 0.5) is 0 Å². The fraction of sp³-hybridized carbons (Fsp3) is 0.923. The summed E-state index contributed by atoms with van der Waals surface area (Å²) in [4.78, 5) is 8.66. The molecule has 1 rings (SSSR count). The Morgan fingerprint density at radius 3 is 2.90 bits per heavy atom. The highest BCUT2D eigenvalue weighted by molar-refractivity contribution is 5.80. The molecule has 20 heavy (non-hydrogen) atoms. The Hall–Kier alpha value is -0.890. The van der Waals surface area contributed by atoms with Gasteiger partial charge in [-0.15, -0.1) is 0 Å². The molecule has 0 amide bonds. The molecule has 0 aromatic heterocycles. The minimum atomic E-state index is -0.318. The van der Waals surface area contributed by atoms with E-state index < -0.39 is 0 Å². The van der Waals surface area contributed by atoms with Crippen LogP contribution in [-0.2, 0) is 4.74 Å². The van der Waals surface area contributed by atoms with Crippen LogP contribution in [0.3, 0.4) is 0 Å². The van der Waals surface area contributed by atoms with E-state index in [-0.39, 0.29) is 12.1 Å². The monoisotopic (exact) mass is 287 g/mol. The number of rotatable bonds is 7. The van der Waals surface area contributed by atoms with Crippen molar-refractivity contribution in [2.75, 3.05) is 46.9 Å². The molecule has 4 N–H and O–H groups in total. The second-order valence-electron chi connectivity index (χ2n) is 5.36. The van der Waals surface area contributed by atoms with Crippen LogP contribution < -0.4 is 11.3 Å². The molecular formula is C13H29N5O2. The molecule has 7 heteroatoms. The van der Waals surface area contributed by atoms with E-state index in [0.717, 1.165) is 26.0 Å². The quantitative estimate of drug-likeness (QED) is 0.187. The molecule has 0 radical (unpaired) electrons. The normalized spacial score (nSPS) is 23.7. The van der Waals surface area contributed by atoms with Gasteiger partial charge in [0.2, 0.25) is 5.96 Å². The summed E-state index contributed by atoms with van der Waals surface area (Å²) in [7, 11) is 4.05. The van der Waals surface area contributed by atoms with Crippen LogP contribution in [0.15, 0.2) is 4.99 Å². The lowest BCUT2D eigenvalue weighted by Crippen LogP contribution is -2.49. The van der Waals surface area contributed by atoms with Crippen LogP contribution in [0.1, 0.15) is 19.8 Å². The molecule has 0 spiro atoms. The van der Waals surface area contributed by atoms with Gasteiger partial charge >= 0.3 is 0 Å². The third-order valence-corrected chi connectivity index (χ3v) is 3.28. The van der Waals surface area contributed by atoms with Crippen molar-refractivity contribution in [3.8, 4) is 0 Å². The summed E-state index contributed by atoms with van der Waals surface area (Å²) >= 11 is 0. The first-order valence-corrected chi connectivity index (χ1v) is 7.26. The average molecular weight is 287 g/mol. The Kier molecular flexibility index (Phi) is 7.83. The number of guanidine groups is 1. The zero-order chi connectivity index (χ0) is 15.0. The number of hydrogen-bond donors (Lipinski definition) is 3. The lowest BCUT2D eigenvalue weighted by molar-refractivity contribution is 0.146. The maximum atomic E-state index is 9.87. The van der Waals surface area contributed by atoms with E-state index in [1.165, 1.54) is 0 Å². The van der Waals surface area contributed by atoms with Gasteiger partial charge in [-0.3, -0.25) is 10.4 Å². The molecular weight excluding hydrogens is 258 g/mol. The topological polar surface area (TPSA) is 86.3 Å². The number of β-amino-alcohol motifs (C(OH)–C–C–N with tert-alkyl or cyclic N) is 1. The van der Waals surface area contributed by atoms with Gasteiger partial charge in [-0.25, -0.2) is 5.84 Å². The number of aliphatic hydroxyl groups is 1. The fourth-order valence-electron chi connectivity index (χ4n) is 2.46. The van der Waals surface area contributed by atoms with E-state index >= 15 is 0 Å². The Morgan fingerprint density at radius 2 is 2.30 bits per heavy atom. The molecule has 0 aliphatic carbocycles. The summed E-state index contributed by atoms with van der Waals surface area (Å²) in [5.41, 5.74) is 2.66. The van der Waals surface area contributed by atoms with E-state index in [4.69, 9.17) is 10.6 Å². The molecule has 0 saturated carbocycles. The summed E-state index contributed by atoms with van der Waals surface area (Å²) in [5, 5.41) is 9.87. The molecule has 1 heterocycles. The van der Waals surface area contributed by atoms with Gasteiger partial charge in [0, 0.05) is 38.9 Å². The van der Waals surface area contributed by atoms with Crippen LogP contribution in [0, 0.1) is 0 Å². The van der Waals surface area contributed by atoms with Crippen molar-refractivity contribution in [3.63, 3.8) is 0 Å². The Bertz CT molecular complexity index is 298. The Labute approximate surface area is 121 Å². The van der Waals surface area contributed by atoms with Crippen molar-refractivity contribution in [2.45, 2.75) is 31.9 Å². The van der Waals surface area contributed by atoms with Crippen molar-refractivity contribution >= 4 is 5.96 Å². The van der Waals surface area contributed by atoms with Gasteiger partial charge in [0.25, 0.3) is 0 Å². The number of hydrazine groups is 1. The average Bonchev–Trinajstić information content (AvgIpc) is 2.74. The predicted octanol–water partition coefficient (Wildman–Crippen LogP) is -0.771. The molecule has 2 unspecified atom stereocenters. The van der Waals surface area contributed by atoms with E-state index in [0.29, 0.717) is 25.7 Å². The van der Waals surface area contributed by atoms with Crippen LogP contribution in [0.5, 0.6) is 0 Å². The number of likely N-dealkylation sites (tertiary alicyclic amines) is 1. The van der Waals surface area contributed by atoms with E-state index in [1.54, 1.807) is 0 Å². The zero-order valence-corrected chi connectivity index (χ0v) is 12.9. The zero-order valence-electron chi connectivity index (χ0n) is 12.9. The van der Waals surface area contributed by atoms with Crippen molar-refractivity contribution in [1.29, 1.82) is 0 Å². The minimum absolute atomic E-state index is 0.238. The molecule has 0 aromatic carbocycles. The molecule has 118 valence electrons. The van der Waals surface area contributed by atoms with Crippen LogP contribution in [-0.4, -0.2) is 80.0 Å². The number of hydrogen-bond acceptors (Lipinski definition) is 5. The number of ether oxygens (including phenoxy) is 1. The SMILES string of the molecule is CCOCCCN=C(NN)N1CC(O)CC1CN(C)C. The number of aliphatic imine (C=N–C) groups is 1. The minimum Gasteiger partial charge on any atom is -0.391 e. The lowest BCUT2D eigenvalue weighted by Gasteiger charge is -2.29. The van der Waals surface area contributed by atoms with Crippen LogP contribution in [0.2, 0.25) is 0 Å². The smallest absolute Gasteiger partial charge is 0.208 e. The van der Waals surface area contributed by atoms with Crippen molar-refractivity contribution in [1.82, 2.24) is 15.2 Å². The summed E-state index contributed by atoms with van der Waals surface area (Å²) < 4.78 is 5.28. The van der Waals surface area contributed by atoms with Gasteiger partial charge in [0.15, 0.2) is 0 Å². The van der Waals surface area contributed by atoms with Gasteiger partial charge in [-0.1, -0.05) is 0 Å². The number of aliphatic hydroxyl groups excluding tert-OH is 1. The second kappa shape index (κ2) is 9.12. The van der Waals surface area contributed by atoms with Crippen molar-refractivity contribution in [3.05, 3.63) is 0 Å². The van der Waals surface area contributed by atoms with Gasteiger partial charge < -0.3 is 19.6 Å². The number of likely N-dealkylation sites (N-methyl/N-ethyl adjacent to an activating group) is 1. The summed E-state index contributed by atoms with van der Waals surface area (Å²) in [6.45, 7) is 5.54. The number of nitrogens with one attached hydrogen (secondary N) is 1. The summed E-state index contributed by atoms with van der Waals surface area (Å²) in [6, 6.07) is 0.238. The van der Waals surface area contributed by atoms with Crippen LogP contribution >= 0.6 is 0 Å². The van der Waals surface area contributed by atoms with Gasteiger partial charge in [-0.05, 0) is 33.9 Å². The standard InChI is InChI=1S/C13H29N5O2/c1-4-20-7-5-6-15-13(16-14)18-10-12(19)8-11(18)9-17(2)3/h11-12,19H,4-10,14H2,1-3H3,(H,15,16). The first-order valence-electron chi connectivity index (χ1n) is 7.26. The van der Waals surface area contributed by atoms with E-state index in [2.05, 4.69) is 20.2 Å². The fourth-order valence-corrected chi connectivity index (χ4v) is 2.46. The van der Waals surface area contributed by atoms with Crippen molar-refractivity contribution < 1.29 is 9.84 Å². The lowest BCUT2D eigenvalue weighted by atomic mass is 10.2. The maximum absolute atomic E-state index is 9.87. The molecule has 7 nitrogen and oxygen atoms in total. The van der Waals surface area contributed by atoms with Gasteiger partial charge in [0.05, 0.1) is 6.10 Å². The van der Waals surface area contributed by atoms with Gasteiger partial charge in [-0.2, -0.15) is 0 Å². The Balaban J connectivity index is 2.54.